The lowest BCUT2D eigenvalue weighted by Crippen LogP contribution is -2.40. The number of halogens is 1. The molecule has 0 fully saturated rings. The Kier molecular flexibility index (Phi) is 5.09. The van der Waals surface area contributed by atoms with Crippen molar-refractivity contribution in [2.24, 2.45) is 4.99 Å². The molecule has 0 aromatic heterocycles. The molecule has 0 radical (unpaired) electrons. The average molecular weight is 313 g/mol. The average Bonchev–Trinajstić information content (AvgIpc) is 2.60. The van der Waals surface area contributed by atoms with Gasteiger partial charge in [0.15, 0.2) is 5.96 Å². The SMILES string of the molecule is Fc1cccc(COc2ccc(CNC3=NCCCN3)cc2)c1. The van der Waals surface area contributed by atoms with Crippen LogP contribution in [0.15, 0.2) is 53.5 Å². The minimum absolute atomic E-state index is 0.244. The van der Waals surface area contributed by atoms with E-state index in [1.54, 1.807) is 6.07 Å². The van der Waals surface area contributed by atoms with Gasteiger partial charge in [-0.2, -0.15) is 0 Å². The van der Waals surface area contributed by atoms with Crippen LogP contribution in [0.1, 0.15) is 17.5 Å². The van der Waals surface area contributed by atoms with Crippen molar-refractivity contribution in [1.82, 2.24) is 10.6 Å². The zero-order chi connectivity index (χ0) is 15.9. The second-order valence-corrected chi connectivity index (χ2v) is 5.43. The molecule has 1 aliphatic rings. The van der Waals surface area contributed by atoms with Gasteiger partial charge in [-0.25, -0.2) is 4.39 Å². The van der Waals surface area contributed by atoms with E-state index < -0.39 is 0 Å². The summed E-state index contributed by atoms with van der Waals surface area (Å²) in [7, 11) is 0. The van der Waals surface area contributed by atoms with Crippen molar-refractivity contribution >= 4 is 5.96 Å². The summed E-state index contributed by atoms with van der Waals surface area (Å²) in [6, 6.07) is 14.3. The number of guanidine groups is 1. The van der Waals surface area contributed by atoms with E-state index in [9.17, 15) is 4.39 Å². The maximum Gasteiger partial charge on any atom is 0.191 e. The first kappa shape index (κ1) is 15.3. The van der Waals surface area contributed by atoms with E-state index in [4.69, 9.17) is 4.74 Å². The van der Waals surface area contributed by atoms with Crippen molar-refractivity contribution in [2.45, 2.75) is 19.6 Å². The predicted molar refractivity (Wildman–Crippen MR) is 88.9 cm³/mol. The Labute approximate surface area is 135 Å². The molecule has 23 heavy (non-hydrogen) atoms. The van der Waals surface area contributed by atoms with E-state index in [-0.39, 0.29) is 5.82 Å². The van der Waals surface area contributed by atoms with Crippen LogP contribution in [0.2, 0.25) is 0 Å². The zero-order valence-corrected chi connectivity index (χ0v) is 12.9. The van der Waals surface area contributed by atoms with Crippen molar-refractivity contribution in [1.29, 1.82) is 0 Å². The number of hydrogen-bond donors (Lipinski definition) is 2. The number of aliphatic imine (C=N–C) groups is 1. The molecular formula is C18H20FN3O. The summed E-state index contributed by atoms with van der Waals surface area (Å²) in [6.07, 6.45) is 1.09. The smallest absolute Gasteiger partial charge is 0.191 e. The van der Waals surface area contributed by atoms with Gasteiger partial charge in [0.2, 0.25) is 0 Å². The van der Waals surface area contributed by atoms with E-state index in [0.29, 0.717) is 6.61 Å². The van der Waals surface area contributed by atoms with Gasteiger partial charge in [0.05, 0.1) is 0 Å². The Morgan fingerprint density at radius 2 is 2.00 bits per heavy atom. The third-order valence-electron chi connectivity index (χ3n) is 3.58. The summed E-state index contributed by atoms with van der Waals surface area (Å²) in [6.45, 7) is 2.92. The predicted octanol–water partition coefficient (Wildman–Crippen LogP) is 2.84. The van der Waals surface area contributed by atoms with Crippen LogP contribution in [0, 0.1) is 5.82 Å². The Hall–Kier alpha value is -2.56. The van der Waals surface area contributed by atoms with Gasteiger partial charge in [0, 0.05) is 19.6 Å². The van der Waals surface area contributed by atoms with Crippen molar-refractivity contribution < 1.29 is 9.13 Å². The summed E-state index contributed by atoms with van der Waals surface area (Å²) in [4.78, 5) is 4.37. The largest absolute Gasteiger partial charge is 0.489 e. The fourth-order valence-electron chi connectivity index (χ4n) is 2.33. The molecule has 2 aromatic carbocycles. The normalized spacial score (nSPS) is 13.9. The van der Waals surface area contributed by atoms with E-state index in [1.807, 2.05) is 30.3 Å². The van der Waals surface area contributed by atoms with Gasteiger partial charge in [-0.3, -0.25) is 4.99 Å². The second kappa shape index (κ2) is 7.63. The highest BCUT2D eigenvalue weighted by molar-refractivity contribution is 5.80. The van der Waals surface area contributed by atoms with E-state index >= 15 is 0 Å². The topological polar surface area (TPSA) is 45.6 Å². The maximum absolute atomic E-state index is 13.1. The maximum atomic E-state index is 13.1. The summed E-state index contributed by atoms with van der Waals surface area (Å²) >= 11 is 0. The van der Waals surface area contributed by atoms with E-state index in [1.165, 1.54) is 12.1 Å². The first-order valence-electron chi connectivity index (χ1n) is 7.78. The van der Waals surface area contributed by atoms with Crippen molar-refractivity contribution in [3.63, 3.8) is 0 Å². The standard InChI is InChI=1S/C18H20FN3O/c19-16-4-1-3-15(11-16)13-23-17-7-5-14(6-8-17)12-22-18-20-9-2-10-21-18/h1,3-8,11H,2,9-10,12-13H2,(H2,20,21,22). The molecule has 0 spiro atoms. The third kappa shape index (κ3) is 4.71. The van der Waals surface area contributed by atoms with Gasteiger partial charge >= 0.3 is 0 Å². The Bertz CT molecular complexity index is 670. The lowest BCUT2D eigenvalue weighted by atomic mass is 10.2. The Morgan fingerprint density at radius 3 is 2.74 bits per heavy atom. The molecule has 1 aliphatic heterocycles. The van der Waals surface area contributed by atoms with Crippen molar-refractivity contribution in [3.8, 4) is 5.75 Å². The van der Waals surface area contributed by atoms with Crippen LogP contribution in [0.25, 0.3) is 0 Å². The van der Waals surface area contributed by atoms with E-state index in [0.717, 1.165) is 48.9 Å². The summed E-state index contributed by atoms with van der Waals surface area (Å²) < 4.78 is 18.8. The molecule has 0 aliphatic carbocycles. The van der Waals surface area contributed by atoms with Crippen molar-refractivity contribution in [2.75, 3.05) is 13.1 Å². The Balaban J connectivity index is 1.49. The van der Waals surface area contributed by atoms with Gasteiger partial charge in [-0.1, -0.05) is 24.3 Å². The highest BCUT2D eigenvalue weighted by Crippen LogP contribution is 2.14. The van der Waals surface area contributed by atoms with Crippen LogP contribution in [-0.4, -0.2) is 19.0 Å². The van der Waals surface area contributed by atoms with Gasteiger partial charge in [-0.05, 0) is 41.8 Å². The number of nitrogens with one attached hydrogen (secondary N) is 2. The molecule has 5 heteroatoms. The minimum atomic E-state index is -0.244. The molecular weight excluding hydrogens is 293 g/mol. The van der Waals surface area contributed by atoms with Crippen LogP contribution in [-0.2, 0) is 13.2 Å². The Morgan fingerprint density at radius 1 is 1.13 bits per heavy atom. The molecule has 0 saturated heterocycles. The molecule has 0 amide bonds. The highest BCUT2D eigenvalue weighted by Gasteiger charge is 2.03. The van der Waals surface area contributed by atoms with Crippen LogP contribution >= 0.6 is 0 Å². The number of rotatable bonds is 5. The number of ether oxygens (including phenoxy) is 1. The molecule has 2 N–H and O–H groups in total. The molecule has 0 bridgehead atoms. The number of nitrogens with zero attached hydrogens (tertiary/aromatic N) is 1. The number of benzene rings is 2. The highest BCUT2D eigenvalue weighted by atomic mass is 19.1. The molecule has 0 atom stereocenters. The number of hydrogen-bond acceptors (Lipinski definition) is 4. The van der Waals surface area contributed by atoms with E-state index in [2.05, 4.69) is 15.6 Å². The zero-order valence-electron chi connectivity index (χ0n) is 12.9. The molecule has 4 nitrogen and oxygen atoms in total. The first-order chi connectivity index (χ1) is 11.3. The van der Waals surface area contributed by atoms with Crippen LogP contribution in [0.4, 0.5) is 4.39 Å². The molecule has 1 heterocycles. The molecule has 2 aromatic rings. The third-order valence-corrected chi connectivity index (χ3v) is 3.58. The quantitative estimate of drug-likeness (QED) is 0.892. The fourth-order valence-corrected chi connectivity index (χ4v) is 2.33. The van der Waals surface area contributed by atoms with Gasteiger partial charge in [0.25, 0.3) is 0 Å². The van der Waals surface area contributed by atoms with Crippen LogP contribution in [0.5, 0.6) is 5.75 Å². The lowest BCUT2D eigenvalue weighted by molar-refractivity contribution is 0.305. The van der Waals surface area contributed by atoms with Crippen molar-refractivity contribution in [3.05, 3.63) is 65.5 Å². The fraction of sp³-hybridized carbons (Fsp3) is 0.278. The monoisotopic (exact) mass is 313 g/mol. The van der Waals surface area contributed by atoms with Crippen LogP contribution in [0.3, 0.4) is 0 Å². The molecule has 0 saturated carbocycles. The second-order valence-electron chi connectivity index (χ2n) is 5.43. The summed E-state index contributed by atoms with van der Waals surface area (Å²) in [5.41, 5.74) is 1.97. The molecule has 0 unspecified atom stereocenters. The van der Waals surface area contributed by atoms with Gasteiger partial charge in [-0.15, -0.1) is 0 Å². The van der Waals surface area contributed by atoms with Gasteiger partial charge in [0.1, 0.15) is 18.2 Å². The lowest BCUT2D eigenvalue weighted by Gasteiger charge is -2.16. The molecule has 120 valence electrons. The molecule has 3 rings (SSSR count). The first-order valence-corrected chi connectivity index (χ1v) is 7.78. The minimum Gasteiger partial charge on any atom is -0.489 e. The summed E-state index contributed by atoms with van der Waals surface area (Å²) in [5, 5.41) is 6.51. The summed E-state index contributed by atoms with van der Waals surface area (Å²) in [5.74, 6) is 1.39. The van der Waals surface area contributed by atoms with Crippen LogP contribution < -0.4 is 15.4 Å². The van der Waals surface area contributed by atoms with Gasteiger partial charge < -0.3 is 15.4 Å².